The highest BCUT2D eigenvalue weighted by Gasteiger charge is 2.15. The van der Waals surface area contributed by atoms with Gasteiger partial charge in [0.25, 0.3) is 0 Å². The predicted molar refractivity (Wildman–Crippen MR) is 99.3 cm³/mol. The SMILES string of the molecule is CCCCn1cc(C(=O)O)c(=O)c2cc(Cc3ccccc3)ccc21. The minimum Gasteiger partial charge on any atom is -0.477 e. The Bertz CT molecular complexity index is 958. The van der Waals surface area contributed by atoms with Crippen LogP contribution in [0, 0.1) is 0 Å². The van der Waals surface area contributed by atoms with Gasteiger partial charge < -0.3 is 9.67 Å². The zero-order valence-electron chi connectivity index (χ0n) is 14.2. The van der Waals surface area contributed by atoms with Gasteiger partial charge in [-0.1, -0.05) is 49.7 Å². The van der Waals surface area contributed by atoms with E-state index in [2.05, 4.69) is 6.92 Å². The third-order valence-electron chi connectivity index (χ3n) is 4.38. The molecule has 0 amide bonds. The topological polar surface area (TPSA) is 59.3 Å². The zero-order valence-corrected chi connectivity index (χ0v) is 14.2. The Balaban J connectivity index is 2.12. The number of carboxylic acids is 1. The maximum atomic E-state index is 12.6. The highest BCUT2D eigenvalue weighted by atomic mass is 16.4. The molecule has 1 heterocycles. The Morgan fingerprint density at radius 3 is 2.52 bits per heavy atom. The summed E-state index contributed by atoms with van der Waals surface area (Å²) in [6.07, 6.45) is 4.12. The van der Waals surface area contributed by atoms with E-state index >= 15 is 0 Å². The first-order valence-electron chi connectivity index (χ1n) is 8.53. The molecule has 0 fully saturated rings. The average Bonchev–Trinajstić information content (AvgIpc) is 2.62. The van der Waals surface area contributed by atoms with Gasteiger partial charge >= 0.3 is 5.97 Å². The van der Waals surface area contributed by atoms with Crippen molar-refractivity contribution in [2.75, 3.05) is 0 Å². The van der Waals surface area contributed by atoms with Gasteiger partial charge in [-0.15, -0.1) is 0 Å². The lowest BCUT2D eigenvalue weighted by Crippen LogP contribution is -2.19. The third-order valence-corrected chi connectivity index (χ3v) is 4.38. The molecule has 1 aromatic heterocycles. The van der Waals surface area contributed by atoms with Crippen LogP contribution in [0.5, 0.6) is 0 Å². The maximum absolute atomic E-state index is 12.6. The Kier molecular flexibility index (Phi) is 4.98. The fourth-order valence-electron chi connectivity index (χ4n) is 3.05. The quantitative estimate of drug-likeness (QED) is 0.738. The summed E-state index contributed by atoms with van der Waals surface area (Å²) in [6.45, 7) is 2.78. The van der Waals surface area contributed by atoms with Crippen LogP contribution in [0.3, 0.4) is 0 Å². The van der Waals surface area contributed by atoms with Gasteiger partial charge in [-0.3, -0.25) is 4.79 Å². The van der Waals surface area contributed by atoms with E-state index in [4.69, 9.17) is 0 Å². The van der Waals surface area contributed by atoms with E-state index in [1.54, 1.807) is 0 Å². The van der Waals surface area contributed by atoms with E-state index in [1.807, 2.05) is 53.1 Å². The van der Waals surface area contributed by atoms with Crippen LogP contribution < -0.4 is 5.43 Å². The molecule has 0 unspecified atom stereocenters. The van der Waals surface area contributed by atoms with E-state index in [0.717, 1.165) is 29.5 Å². The lowest BCUT2D eigenvalue weighted by atomic mass is 10.0. The second kappa shape index (κ2) is 7.34. The Morgan fingerprint density at radius 2 is 1.84 bits per heavy atom. The van der Waals surface area contributed by atoms with Crippen LogP contribution in [0.2, 0.25) is 0 Å². The molecular formula is C21H21NO3. The number of carboxylic acid groups (broad SMARTS) is 1. The van der Waals surface area contributed by atoms with Crippen molar-refractivity contribution in [1.82, 2.24) is 4.57 Å². The molecule has 1 N–H and O–H groups in total. The first kappa shape index (κ1) is 17.0. The summed E-state index contributed by atoms with van der Waals surface area (Å²) in [4.78, 5) is 24.1. The highest BCUT2D eigenvalue weighted by molar-refractivity contribution is 5.92. The normalized spacial score (nSPS) is 10.9. The van der Waals surface area contributed by atoms with E-state index in [-0.39, 0.29) is 5.56 Å². The van der Waals surface area contributed by atoms with Crippen molar-refractivity contribution in [1.29, 1.82) is 0 Å². The molecule has 25 heavy (non-hydrogen) atoms. The zero-order chi connectivity index (χ0) is 17.8. The summed E-state index contributed by atoms with van der Waals surface area (Å²) in [5.74, 6) is -1.18. The van der Waals surface area contributed by atoms with E-state index in [9.17, 15) is 14.7 Å². The van der Waals surface area contributed by atoms with Gasteiger partial charge in [0.05, 0.1) is 5.52 Å². The van der Waals surface area contributed by atoms with Crippen LogP contribution >= 0.6 is 0 Å². The van der Waals surface area contributed by atoms with Crippen molar-refractivity contribution >= 4 is 16.9 Å². The lowest BCUT2D eigenvalue weighted by Gasteiger charge is -2.13. The fraction of sp³-hybridized carbons (Fsp3) is 0.238. The van der Waals surface area contributed by atoms with Gasteiger partial charge in [-0.25, -0.2) is 4.79 Å². The van der Waals surface area contributed by atoms with Crippen molar-refractivity contribution in [3.05, 3.63) is 81.6 Å². The van der Waals surface area contributed by atoms with Crippen molar-refractivity contribution in [3.63, 3.8) is 0 Å². The van der Waals surface area contributed by atoms with Gasteiger partial charge in [-0.05, 0) is 36.1 Å². The van der Waals surface area contributed by atoms with Gasteiger partial charge in [0, 0.05) is 18.1 Å². The number of rotatable bonds is 6. The van der Waals surface area contributed by atoms with Gasteiger partial charge in [-0.2, -0.15) is 0 Å². The molecule has 4 nitrogen and oxygen atoms in total. The van der Waals surface area contributed by atoms with Gasteiger partial charge in [0.2, 0.25) is 5.43 Å². The molecule has 128 valence electrons. The largest absolute Gasteiger partial charge is 0.477 e. The van der Waals surface area contributed by atoms with Crippen LogP contribution in [-0.4, -0.2) is 15.6 Å². The van der Waals surface area contributed by atoms with Crippen LogP contribution in [0.1, 0.15) is 41.3 Å². The van der Waals surface area contributed by atoms with Crippen molar-refractivity contribution < 1.29 is 9.90 Å². The van der Waals surface area contributed by atoms with Crippen LogP contribution in [-0.2, 0) is 13.0 Å². The summed E-state index contributed by atoms with van der Waals surface area (Å²) < 4.78 is 1.88. The molecule has 0 radical (unpaired) electrons. The highest BCUT2D eigenvalue weighted by Crippen LogP contribution is 2.18. The summed E-state index contributed by atoms with van der Waals surface area (Å²) in [5.41, 5.74) is 2.37. The number of fused-ring (bicyclic) bond motifs is 1. The molecular weight excluding hydrogens is 314 g/mol. The third kappa shape index (κ3) is 3.63. The molecule has 0 bridgehead atoms. The van der Waals surface area contributed by atoms with Crippen molar-refractivity contribution in [2.45, 2.75) is 32.7 Å². The van der Waals surface area contributed by atoms with Crippen LogP contribution in [0.15, 0.2) is 59.5 Å². The van der Waals surface area contributed by atoms with E-state index < -0.39 is 11.4 Å². The Labute approximate surface area is 146 Å². The minimum atomic E-state index is -1.18. The summed E-state index contributed by atoms with van der Waals surface area (Å²) in [6, 6.07) is 15.8. The summed E-state index contributed by atoms with van der Waals surface area (Å²) >= 11 is 0. The number of benzene rings is 2. The number of nitrogens with zero attached hydrogens (tertiary/aromatic N) is 1. The van der Waals surface area contributed by atoms with Gasteiger partial charge in [0.1, 0.15) is 5.56 Å². The lowest BCUT2D eigenvalue weighted by molar-refractivity contribution is 0.0695. The van der Waals surface area contributed by atoms with E-state index in [1.165, 1.54) is 6.20 Å². The molecule has 2 aromatic carbocycles. The standard InChI is InChI=1S/C21H21NO3/c1-2-3-11-22-14-18(21(24)25)20(23)17-13-16(9-10-19(17)22)12-15-7-5-4-6-8-15/h4-10,13-14H,2-3,11-12H2,1H3,(H,24,25). The predicted octanol–water partition coefficient (Wildman–Crippen LogP) is 4.09. The molecule has 0 aliphatic carbocycles. The van der Waals surface area contributed by atoms with E-state index in [0.29, 0.717) is 18.4 Å². The smallest absolute Gasteiger partial charge is 0.341 e. The molecule has 3 rings (SSSR count). The first-order chi connectivity index (χ1) is 12.1. The molecule has 0 aliphatic heterocycles. The molecule has 0 saturated carbocycles. The Hall–Kier alpha value is -2.88. The number of aromatic nitrogens is 1. The molecule has 0 spiro atoms. The molecule has 0 saturated heterocycles. The maximum Gasteiger partial charge on any atom is 0.341 e. The first-order valence-corrected chi connectivity index (χ1v) is 8.53. The number of aromatic carboxylic acids is 1. The molecule has 0 aliphatic rings. The molecule has 3 aromatic rings. The second-order valence-electron chi connectivity index (χ2n) is 6.24. The number of aryl methyl sites for hydroxylation is 1. The van der Waals surface area contributed by atoms with Gasteiger partial charge in [0.15, 0.2) is 0 Å². The monoisotopic (exact) mass is 335 g/mol. The fourth-order valence-corrected chi connectivity index (χ4v) is 3.05. The number of hydrogen-bond acceptors (Lipinski definition) is 2. The molecule has 0 atom stereocenters. The number of carbonyl (C=O) groups is 1. The summed E-state index contributed by atoms with van der Waals surface area (Å²) in [7, 11) is 0. The molecule has 4 heteroatoms. The minimum absolute atomic E-state index is 0.166. The second-order valence-corrected chi connectivity index (χ2v) is 6.24. The number of pyridine rings is 1. The van der Waals surface area contributed by atoms with Crippen molar-refractivity contribution in [2.24, 2.45) is 0 Å². The van der Waals surface area contributed by atoms with Crippen molar-refractivity contribution in [3.8, 4) is 0 Å². The van der Waals surface area contributed by atoms with Crippen LogP contribution in [0.4, 0.5) is 0 Å². The number of hydrogen-bond donors (Lipinski definition) is 1. The Morgan fingerprint density at radius 1 is 1.08 bits per heavy atom. The average molecular weight is 335 g/mol. The number of unbranched alkanes of at least 4 members (excludes halogenated alkanes) is 1. The van der Waals surface area contributed by atoms with Crippen LogP contribution in [0.25, 0.3) is 10.9 Å². The summed E-state index contributed by atoms with van der Waals surface area (Å²) in [5, 5.41) is 9.84.